The Hall–Kier alpha value is -2.40. The smallest absolute Gasteiger partial charge is 0.251 e. The van der Waals surface area contributed by atoms with Gasteiger partial charge in [-0.15, -0.1) is 0 Å². The molecular formula is C19H22N2O3. The first-order valence-corrected chi connectivity index (χ1v) is 8.27. The first kappa shape index (κ1) is 16.5. The third kappa shape index (κ3) is 4.11. The third-order valence-electron chi connectivity index (χ3n) is 4.25. The minimum Gasteiger partial charge on any atom is -0.474 e. The van der Waals surface area contributed by atoms with E-state index in [1.165, 1.54) is 6.42 Å². The molecular weight excluding hydrogens is 304 g/mol. The lowest BCUT2D eigenvalue weighted by Crippen LogP contribution is -2.29. The molecule has 1 aliphatic carbocycles. The molecule has 24 heavy (non-hydrogen) atoms. The van der Waals surface area contributed by atoms with Crippen LogP contribution in [0.2, 0.25) is 0 Å². The van der Waals surface area contributed by atoms with Crippen molar-refractivity contribution in [3.8, 4) is 5.88 Å². The van der Waals surface area contributed by atoms with Crippen molar-refractivity contribution < 1.29 is 14.6 Å². The summed E-state index contributed by atoms with van der Waals surface area (Å²) < 4.78 is 5.71. The molecule has 0 aliphatic heterocycles. The summed E-state index contributed by atoms with van der Waals surface area (Å²) in [5.41, 5.74) is 2.39. The van der Waals surface area contributed by atoms with E-state index in [1.807, 2.05) is 31.2 Å². The molecule has 0 spiro atoms. The predicted molar refractivity (Wildman–Crippen MR) is 91.0 cm³/mol. The fourth-order valence-corrected chi connectivity index (χ4v) is 2.47. The summed E-state index contributed by atoms with van der Waals surface area (Å²) in [4.78, 5) is 16.4. The van der Waals surface area contributed by atoms with Crippen LogP contribution in [0, 0.1) is 6.92 Å². The number of benzene rings is 1. The van der Waals surface area contributed by atoms with E-state index in [0.717, 1.165) is 24.0 Å². The maximum atomic E-state index is 12.3. The van der Waals surface area contributed by atoms with E-state index in [2.05, 4.69) is 10.3 Å². The van der Waals surface area contributed by atoms with Crippen molar-refractivity contribution in [1.82, 2.24) is 10.3 Å². The first-order valence-electron chi connectivity index (χ1n) is 8.27. The Kier molecular flexibility index (Phi) is 5.11. The lowest BCUT2D eigenvalue weighted by molar-refractivity contribution is 0.0912. The van der Waals surface area contributed by atoms with Gasteiger partial charge in [-0.25, -0.2) is 4.98 Å². The van der Waals surface area contributed by atoms with Crippen molar-refractivity contribution in [3.63, 3.8) is 0 Å². The number of pyridine rings is 1. The van der Waals surface area contributed by atoms with Crippen LogP contribution in [0.3, 0.4) is 0 Å². The van der Waals surface area contributed by atoms with Gasteiger partial charge < -0.3 is 15.2 Å². The fourth-order valence-electron chi connectivity index (χ4n) is 2.47. The van der Waals surface area contributed by atoms with E-state index in [-0.39, 0.29) is 18.6 Å². The topological polar surface area (TPSA) is 71.5 Å². The molecule has 1 atom stereocenters. The standard InChI is InChI=1S/C19H22N2O3/c1-13-5-7-14(8-6-13)17(22)12-21-19(23)15-9-10-20-18(11-15)24-16-3-2-4-16/h5-11,16-17,22H,2-4,12H2,1H3,(H,21,23). The number of ether oxygens (including phenoxy) is 1. The van der Waals surface area contributed by atoms with Crippen LogP contribution in [0.15, 0.2) is 42.6 Å². The monoisotopic (exact) mass is 326 g/mol. The van der Waals surface area contributed by atoms with Gasteiger partial charge >= 0.3 is 0 Å². The molecule has 1 unspecified atom stereocenters. The van der Waals surface area contributed by atoms with Crippen LogP contribution in [-0.2, 0) is 0 Å². The Morgan fingerprint density at radius 2 is 2.08 bits per heavy atom. The highest BCUT2D eigenvalue weighted by atomic mass is 16.5. The molecule has 2 N–H and O–H groups in total. The molecule has 126 valence electrons. The number of rotatable bonds is 6. The summed E-state index contributed by atoms with van der Waals surface area (Å²) in [5.74, 6) is 0.230. The second kappa shape index (κ2) is 7.45. The van der Waals surface area contributed by atoms with Crippen LogP contribution >= 0.6 is 0 Å². The van der Waals surface area contributed by atoms with Crippen molar-refractivity contribution in [1.29, 1.82) is 0 Å². The van der Waals surface area contributed by atoms with Crippen LogP contribution in [-0.4, -0.2) is 28.6 Å². The van der Waals surface area contributed by atoms with Gasteiger partial charge in [-0.1, -0.05) is 29.8 Å². The molecule has 1 fully saturated rings. The van der Waals surface area contributed by atoms with Crippen LogP contribution in [0.1, 0.15) is 46.9 Å². The van der Waals surface area contributed by atoms with Gasteiger partial charge in [0, 0.05) is 24.4 Å². The van der Waals surface area contributed by atoms with Crippen LogP contribution in [0.4, 0.5) is 0 Å². The van der Waals surface area contributed by atoms with Gasteiger partial charge in [-0.2, -0.15) is 0 Å². The van der Waals surface area contributed by atoms with Crippen LogP contribution < -0.4 is 10.1 Å². The number of aliphatic hydroxyl groups excluding tert-OH is 1. The predicted octanol–water partition coefficient (Wildman–Crippen LogP) is 2.78. The van der Waals surface area contributed by atoms with Gasteiger partial charge in [0.25, 0.3) is 5.91 Å². The van der Waals surface area contributed by atoms with Crippen molar-refractivity contribution in [2.45, 2.75) is 38.4 Å². The molecule has 5 heteroatoms. The van der Waals surface area contributed by atoms with Gasteiger partial charge in [-0.3, -0.25) is 4.79 Å². The SMILES string of the molecule is Cc1ccc(C(O)CNC(=O)c2ccnc(OC3CCC3)c2)cc1. The van der Waals surface area contributed by atoms with E-state index >= 15 is 0 Å². The molecule has 1 heterocycles. The number of carbonyl (C=O) groups is 1. The Morgan fingerprint density at radius 1 is 1.33 bits per heavy atom. The van der Waals surface area contributed by atoms with E-state index in [0.29, 0.717) is 11.4 Å². The van der Waals surface area contributed by atoms with Gasteiger partial charge in [0.15, 0.2) is 0 Å². The Balaban J connectivity index is 1.56. The summed E-state index contributed by atoms with van der Waals surface area (Å²) >= 11 is 0. The van der Waals surface area contributed by atoms with E-state index < -0.39 is 6.10 Å². The number of hydrogen-bond acceptors (Lipinski definition) is 4. The summed E-state index contributed by atoms with van der Waals surface area (Å²) in [6, 6.07) is 10.9. The molecule has 1 saturated carbocycles. The summed E-state index contributed by atoms with van der Waals surface area (Å²) in [6.45, 7) is 2.15. The quantitative estimate of drug-likeness (QED) is 0.856. The zero-order valence-corrected chi connectivity index (χ0v) is 13.7. The first-order chi connectivity index (χ1) is 11.6. The second-order valence-electron chi connectivity index (χ2n) is 6.19. The van der Waals surface area contributed by atoms with E-state index in [4.69, 9.17) is 4.74 Å². The van der Waals surface area contributed by atoms with Gasteiger partial charge in [-0.05, 0) is 37.8 Å². The number of amides is 1. The minimum atomic E-state index is -0.734. The van der Waals surface area contributed by atoms with Crippen molar-refractivity contribution in [2.75, 3.05) is 6.54 Å². The number of aliphatic hydroxyl groups is 1. The normalized spacial score (nSPS) is 15.4. The molecule has 3 rings (SSSR count). The zero-order valence-electron chi connectivity index (χ0n) is 13.7. The fraction of sp³-hybridized carbons (Fsp3) is 0.368. The molecule has 1 amide bonds. The average Bonchev–Trinajstić information content (AvgIpc) is 2.56. The molecule has 0 radical (unpaired) electrons. The largest absolute Gasteiger partial charge is 0.474 e. The molecule has 1 aromatic heterocycles. The zero-order chi connectivity index (χ0) is 16.9. The molecule has 0 bridgehead atoms. The molecule has 2 aromatic rings. The van der Waals surface area contributed by atoms with Crippen LogP contribution in [0.25, 0.3) is 0 Å². The average molecular weight is 326 g/mol. The number of hydrogen-bond donors (Lipinski definition) is 2. The Morgan fingerprint density at radius 3 is 2.75 bits per heavy atom. The lowest BCUT2D eigenvalue weighted by Gasteiger charge is -2.25. The number of nitrogens with one attached hydrogen (secondary N) is 1. The highest BCUT2D eigenvalue weighted by Gasteiger charge is 2.20. The van der Waals surface area contributed by atoms with Crippen molar-refractivity contribution >= 4 is 5.91 Å². The third-order valence-corrected chi connectivity index (χ3v) is 4.25. The summed E-state index contributed by atoms with van der Waals surface area (Å²) in [7, 11) is 0. The lowest BCUT2D eigenvalue weighted by atomic mass is 9.96. The minimum absolute atomic E-state index is 0.156. The van der Waals surface area contributed by atoms with Crippen molar-refractivity contribution in [2.24, 2.45) is 0 Å². The number of nitrogens with zero attached hydrogens (tertiary/aromatic N) is 1. The van der Waals surface area contributed by atoms with Gasteiger partial charge in [0.1, 0.15) is 6.10 Å². The van der Waals surface area contributed by atoms with Gasteiger partial charge in [0.2, 0.25) is 5.88 Å². The highest BCUT2D eigenvalue weighted by Crippen LogP contribution is 2.24. The second-order valence-corrected chi connectivity index (χ2v) is 6.19. The van der Waals surface area contributed by atoms with E-state index in [1.54, 1.807) is 18.3 Å². The molecule has 0 saturated heterocycles. The summed E-state index contributed by atoms with van der Waals surface area (Å²) in [6.07, 6.45) is 4.32. The Labute approximate surface area is 141 Å². The van der Waals surface area contributed by atoms with E-state index in [9.17, 15) is 9.90 Å². The molecule has 1 aliphatic rings. The van der Waals surface area contributed by atoms with Crippen molar-refractivity contribution in [3.05, 3.63) is 59.3 Å². The number of aromatic nitrogens is 1. The highest BCUT2D eigenvalue weighted by molar-refractivity contribution is 5.94. The maximum absolute atomic E-state index is 12.3. The molecule has 1 aromatic carbocycles. The molecule has 5 nitrogen and oxygen atoms in total. The summed E-state index contributed by atoms with van der Waals surface area (Å²) in [5, 5.41) is 12.9. The van der Waals surface area contributed by atoms with Crippen LogP contribution in [0.5, 0.6) is 5.88 Å². The Bertz CT molecular complexity index is 696. The maximum Gasteiger partial charge on any atom is 0.251 e. The number of carbonyl (C=O) groups excluding carboxylic acids is 1. The number of aryl methyl sites for hydroxylation is 1. The van der Waals surface area contributed by atoms with Gasteiger partial charge in [0.05, 0.1) is 6.10 Å².